The fraction of sp³-hybridized carbons (Fsp3) is 0.591. The number of thiazole rings is 1. The van der Waals surface area contributed by atoms with Gasteiger partial charge in [0.2, 0.25) is 0 Å². The van der Waals surface area contributed by atoms with Gasteiger partial charge in [-0.1, -0.05) is 19.8 Å². The average Bonchev–Trinajstić information content (AvgIpc) is 3.21. The summed E-state index contributed by atoms with van der Waals surface area (Å²) in [6.07, 6.45) is 10.0. The number of carbonyl (C=O) groups is 1. The quantitative estimate of drug-likeness (QED) is 0.430. The molecule has 0 aromatic carbocycles. The van der Waals surface area contributed by atoms with Crippen molar-refractivity contribution in [3.8, 4) is 0 Å². The van der Waals surface area contributed by atoms with Gasteiger partial charge in [-0.3, -0.25) is 0 Å². The molecule has 2 aliphatic rings. The minimum Gasteiger partial charge on any atom is -0.462 e. The second kappa shape index (κ2) is 9.75. The molecule has 0 saturated carbocycles. The van der Waals surface area contributed by atoms with E-state index in [1.165, 1.54) is 41.1 Å². The molecule has 0 aliphatic heterocycles. The molecule has 162 valence electrons. The van der Waals surface area contributed by atoms with Crippen molar-refractivity contribution < 1.29 is 9.53 Å². The van der Waals surface area contributed by atoms with Gasteiger partial charge in [-0.25, -0.2) is 9.78 Å². The van der Waals surface area contributed by atoms with Crippen molar-refractivity contribution in [2.24, 2.45) is 5.92 Å². The molecule has 0 saturated heterocycles. The Morgan fingerprint density at radius 3 is 2.73 bits per heavy atom. The molecule has 1 unspecified atom stereocenters. The molecule has 30 heavy (non-hydrogen) atoms. The molecule has 2 N–H and O–H groups in total. The van der Waals surface area contributed by atoms with Gasteiger partial charge >= 0.3 is 5.97 Å². The first-order valence-electron chi connectivity index (χ1n) is 10.9. The van der Waals surface area contributed by atoms with Crippen LogP contribution in [0.3, 0.4) is 0 Å². The fourth-order valence-electron chi connectivity index (χ4n) is 4.25. The van der Waals surface area contributed by atoms with Crippen LogP contribution in [-0.2, 0) is 30.4 Å². The monoisotopic (exact) mass is 463 g/mol. The maximum atomic E-state index is 12.8. The third-order valence-corrected chi connectivity index (χ3v) is 8.23. The lowest BCUT2D eigenvalue weighted by Gasteiger charge is -2.15. The first kappa shape index (κ1) is 21.7. The number of carbonyl (C=O) groups excluding carboxylic acids is 1. The normalized spacial score (nSPS) is 18.5. The molecule has 2 aliphatic carbocycles. The molecule has 8 heteroatoms. The molecule has 0 bridgehead atoms. The van der Waals surface area contributed by atoms with E-state index in [1.54, 1.807) is 22.7 Å². The highest BCUT2D eigenvalue weighted by atomic mass is 32.1. The number of fused-ring (bicyclic) bond motifs is 2. The summed E-state index contributed by atoms with van der Waals surface area (Å²) in [5, 5.41) is 8.65. The van der Waals surface area contributed by atoms with E-state index in [0.717, 1.165) is 47.8 Å². The minimum absolute atomic E-state index is 0.250. The molecular formula is C22H29N3O2S3. The molecule has 2 aromatic heterocycles. The molecule has 2 heterocycles. The molecule has 2 aromatic rings. The summed E-state index contributed by atoms with van der Waals surface area (Å²) in [6.45, 7) is 4.51. The van der Waals surface area contributed by atoms with Gasteiger partial charge in [0.05, 0.1) is 17.9 Å². The standard InChI is InChI=1S/C22H29N3O2S3/c1-3-27-20(26)18-14-8-6-4-5-7-9-16(14)29-19(18)24-21(28)25-22-23-15-11-10-13(2)12-17(15)30-22/h13H,3-12H2,1-2H3,(H2,23,24,25,28). The summed E-state index contributed by atoms with van der Waals surface area (Å²) in [6, 6.07) is 0. The van der Waals surface area contributed by atoms with Crippen LogP contribution in [-0.4, -0.2) is 22.7 Å². The van der Waals surface area contributed by atoms with Crippen molar-refractivity contribution in [1.82, 2.24) is 4.98 Å². The topological polar surface area (TPSA) is 63.2 Å². The molecular weight excluding hydrogens is 434 g/mol. The van der Waals surface area contributed by atoms with Crippen molar-refractivity contribution >= 4 is 56.1 Å². The third-order valence-electron chi connectivity index (χ3n) is 5.78. The molecule has 0 amide bonds. The zero-order chi connectivity index (χ0) is 21.1. The van der Waals surface area contributed by atoms with Crippen LogP contribution in [0.15, 0.2) is 0 Å². The predicted octanol–water partition coefficient (Wildman–Crippen LogP) is 5.97. The van der Waals surface area contributed by atoms with E-state index in [4.69, 9.17) is 21.9 Å². The van der Waals surface area contributed by atoms with Gasteiger partial charge in [0.15, 0.2) is 10.2 Å². The van der Waals surface area contributed by atoms with Crippen LogP contribution in [0.5, 0.6) is 0 Å². The molecule has 5 nitrogen and oxygen atoms in total. The summed E-state index contributed by atoms with van der Waals surface area (Å²) >= 11 is 8.93. The molecule has 0 radical (unpaired) electrons. The van der Waals surface area contributed by atoms with E-state index < -0.39 is 0 Å². The van der Waals surface area contributed by atoms with E-state index in [0.29, 0.717) is 23.2 Å². The third kappa shape index (κ3) is 4.86. The summed E-state index contributed by atoms with van der Waals surface area (Å²) in [4.78, 5) is 20.2. The van der Waals surface area contributed by atoms with Crippen LogP contribution in [0.2, 0.25) is 0 Å². The number of nitrogens with one attached hydrogen (secondary N) is 2. The average molecular weight is 464 g/mol. The molecule has 0 spiro atoms. The van der Waals surface area contributed by atoms with Crippen LogP contribution >= 0.6 is 34.9 Å². The Bertz CT molecular complexity index is 934. The largest absolute Gasteiger partial charge is 0.462 e. The Hall–Kier alpha value is -1.51. The molecule has 0 fully saturated rings. The van der Waals surface area contributed by atoms with Crippen molar-refractivity contribution in [2.75, 3.05) is 17.2 Å². The van der Waals surface area contributed by atoms with Crippen molar-refractivity contribution in [3.63, 3.8) is 0 Å². The lowest BCUT2D eigenvalue weighted by atomic mass is 9.93. The maximum absolute atomic E-state index is 12.8. The summed E-state index contributed by atoms with van der Waals surface area (Å²) < 4.78 is 5.38. The lowest BCUT2D eigenvalue weighted by Crippen LogP contribution is -2.20. The highest BCUT2D eigenvalue weighted by Crippen LogP contribution is 2.38. The number of rotatable bonds is 4. The highest BCUT2D eigenvalue weighted by molar-refractivity contribution is 7.80. The van der Waals surface area contributed by atoms with Gasteiger partial charge < -0.3 is 15.4 Å². The van der Waals surface area contributed by atoms with Crippen LogP contribution in [0.1, 0.15) is 77.3 Å². The van der Waals surface area contributed by atoms with Crippen LogP contribution in [0.4, 0.5) is 10.1 Å². The predicted molar refractivity (Wildman–Crippen MR) is 129 cm³/mol. The van der Waals surface area contributed by atoms with Crippen molar-refractivity contribution in [3.05, 3.63) is 26.6 Å². The zero-order valence-corrected chi connectivity index (χ0v) is 20.1. The zero-order valence-electron chi connectivity index (χ0n) is 17.6. The summed E-state index contributed by atoms with van der Waals surface area (Å²) in [5.74, 6) is 0.466. The lowest BCUT2D eigenvalue weighted by molar-refractivity contribution is 0.0526. The van der Waals surface area contributed by atoms with Gasteiger partial charge in [0.1, 0.15) is 5.00 Å². The number of ether oxygens (including phenoxy) is 1. The second-order valence-electron chi connectivity index (χ2n) is 8.16. The number of nitrogens with zero attached hydrogens (tertiary/aromatic N) is 1. The number of thiophene rings is 1. The van der Waals surface area contributed by atoms with Crippen LogP contribution < -0.4 is 10.6 Å². The number of hydrogen-bond donors (Lipinski definition) is 2. The van der Waals surface area contributed by atoms with Crippen LogP contribution in [0, 0.1) is 5.92 Å². The Kier molecular flexibility index (Phi) is 7.05. The summed E-state index contributed by atoms with van der Waals surface area (Å²) in [5.41, 5.74) is 3.03. The Labute approximate surface area is 191 Å². The Morgan fingerprint density at radius 2 is 1.93 bits per heavy atom. The first-order chi connectivity index (χ1) is 14.5. The van der Waals surface area contributed by atoms with Gasteiger partial charge in [-0.2, -0.15) is 0 Å². The SMILES string of the molecule is CCOC(=O)c1c(NC(=S)Nc2nc3c(s2)CC(C)CC3)sc2c1CCCCCC2. The highest BCUT2D eigenvalue weighted by Gasteiger charge is 2.26. The maximum Gasteiger partial charge on any atom is 0.341 e. The van der Waals surface area contributed by atoms with E-state index >= 15 is 0 Å². The summed E-state index contributed by atoms with van der Waals surface area (Å²) in [7, 11) is 0. The minimum atomic E-state index is -0.250. The first-order valence-corrected chi connectivity index (χ1v) is 13.0. The number of hydrogen-bond acceptors (Lipinski definition) is 6. The van der Waals surface area contributed by atoms with E-state index in [2.05, 4.69) is 17.6 Å². The smallest absolute Gasteiger partial charge is 0.341 e. The number of aryl methyl sites for hydroxylation is 2. The van der Waals surface area contributed by atoms with E-state index in [-0.39, 0.29) is 5.97 Å². The van der Waals surface area contributed by atoms with Gasteiger partial charge in [-0.15, -0.1) is 22.7 Å². The molecule has 4 rings (SSSR count). The second-order valence-corrected chi connectivity index (χ2v) is 10.8. The van der Waals surface area contributed by atoms with Crippen LogP contribution in [0.25, 0.3) is 0 Å². The van der Waals surface area contributed by atoms with Gasteiger partial charge in [0.25, 0.3) is 0 Å². The van der Waals surface area contributed by atoms with Gasteiger partial charge in [-0.05, 0) is 75.6 Å². The number of anilines is 2. The Balaban J connectivity index is 1.53. The number of esters is 1. The van der Waals surface area contributed by atoms with E-state index in [1.807, 2.05) is 6.92 Å². The fourth-order valence-corrected chi connectivity index (χ4v) is 7.04. The van der Waals surface area contributed by atoms with E-state index in [9.17, 15) is 4.79 Å². The van der Waals surface area contributed by atoms with Crippen molar-refractivity contribution in [2.45, 2.75) is 71.6 Å². The number of aromatic nitrogens is 1. The Morgan fingerprint density at radius 1 is 1.13 bits per heavy atom. The van der Waals surface area contributed by atoms with Gasteiger partial charge in [0, 0.05) is 9.75 Å². The van der Waals surface area contributed by atoms with Crippen molar-refractivity contribution in [1.29, 1.82) is 0 Å². The molecule has 1 atom stereocenters. The number of thiocarbonyl (C=S) groups is 1.